The quantitative estimate of drug-likeness (QED) is 0.0321. The maximum atomic E-state index is 13.2. The molecule has 382 valence electrons. The Hall–Kier alpha value is -3.48. The highest BCUT2D eigenvalue weighted by Gasteiger charge is 2.23. The van der Waals surface area contributed by atoms with Gasteiger partial charge in [-0.2, -0.15) is 0 Å². The number of rotatable bonds is 48. The van der Waals surface area contributed by atoms with Crippen LogP contribution in [0.25, 0.3) is 0 Å². The second kappa shape index (κ2) is 53.5. The van der Waals surface area contributed by atoms with Gasteiger partial charge in [0, 0.05) is 12.8 Å². The summed E-state index contributed by atoms with van der Waals surface area (Å²) in [5, 5.41) is 23.8. The third kappa shape index (κ3) is 48.8. The Balaban J connectivity index is 4.77. The first kappa shape index (κ1) is 63.5. The lowest BCUT2D eigenvalue weighted by Gasteiger charge is -2.24. The molecule has 0 saturated heterocycles. The Morgan fingerprint density at radius 3 is 1.27 bits per heavy atom. The lowest BCUT2D eigenvalue weighted by Crippen LogP contribution is -2.46. The first-order valence-electron chi connectivity index (χ1n) is 27.6. The van der Waals surface area contributed by atoms with Crippen LogP contribution in [0.1, 0.15) is 239 Å². The second-order valence-corrected chi connectivity index (χ2v) is 18.3. The molecule has 67 heavy (non-hydrogen) atoms. The van der Waals surface area contributed by atoms with Gasteiger partial charge in [-0.15, -0.1) is 0 Å². The molecule has 3 atom stereocenters. The van der Waals surface area contributed by atoms with Crippen LogP contribution in [0.3, 0.4) is 0 Å². The summed E-state index contributed by atoms with van der Waals surface area (Å²) in [6, 6.07) is -0.750. The van der Waals surface area contributed by atoms with Crippen molar-refractivity contribution in [3.63, 3.8) is 0 Å². The molecule has 0 saturated carbocycles. The van der Waals surface area contributed by atoms with Gasteiger partial charge in [-0.25, -0.2) is 0 Å². The van der Waals surface area contributed by atoms with Gasteiger partial charge in [-0.1, -0.05) is 246 Å². The van der Waals surface area contributed by atoms with Crippen LogP contribution in [-0.4, -0.2) is 46.9 Å². The highest BCUT2D eigenvalue weighted by Crippen LogP contribution is 2.16. The van der Waals surface area contributed by atoms with Crippen LogP contribution in [0.4, 0.5) is 0 Å². The lowest BCUT2D eigenvalue weighted by atomic mass is 10.0. The van der Waals surface area contributed by atoms with Gasteiger partial charge in [0.05, 0.1) is 25.2 Å². The number of hydrogen-bond donors (Lipinski definition) is 3. The molecule has 0 aliphatic heterocycles. The first-order chi connectivity index (χ1) is 33.0. The fourth-order valence-corrected chi connectivity index (χ4v) is 7.68. The van der Waals surface area contributed by atoms with E-state index in [1.54, 1.807) is 0 Å². The number of aliphatic hydroxyl groups excluding tert-OH is 2. The van der Waals surface area contributed by atoms with E-state index in [2.05, 4.69) is 123 Å². The van der Waals surface area contributed by atoms with Gasteiger partial charge in [-0.05, 0) is 83.5 Å². The van der Waals surface area contributed by atoms with Gasteiger partial charge in [0.2, 0.25) is 5.91 Å². The Kier molecular flexibility index (Phi) is 50.7. The molecule has 0 aliphatic rings. The number of amides is 1. The molecule has 0 heterocycles. The van der Waals surface area contributed by atoms with Crippen molar-refractivity contribution in [2.45, 2.75) is 257 Å². The average molecular weight is 930 g/mol. The van der Waals surface area contributed by atoms with Crippen molar-refractivity contribution >= 4 is 11.9 Å². The van der Waals surface area contributed by atoms with Crippen molar-refractivity contribution in [3.05, 3.63) is 109 Å². The van der Waals surface area contributed by atoms with E-state index in [1.165, 1.54) is 103 Å². The summed E-state index contributed by atoms with van der Waals surface area (Å²) in [6.07, 6.45) is 73.1. The van der Waals surface area contributed by atoms with Crippen molar-refractivity contribution in [1.29, 1.82) is 0 Å². The lowest BCUT2D eigenvalue weighted by molar-refractivity contribution is -0.150. The van der Waals surface area contributed by atoms with Crippen LogP contribution in [-0.2, 0) is 14.3 Å². The van der Waals surface area contributed by atoms with Crippen molar-refractivity contribution in [1.82, 2.24) is 5.32 Å². The minimum absolute atomic E-state index is 0.0270. The average Bonchev–Trinajstić information content (AvgIpc) is 3.32. The molecule has 0 rings (SSSR count). The van der Waals surface area contributed by atoms with Crippen LogP contribution < -0.4 is 5.32 Å². The Labute approximate surface area is 413 Å². The molecule has 6 nitrogen and oxygen atoms in total. The molecule has 0 spiro atoms. The SMILES string of the molecule is CC/C=C\C/C=C\C/C=C\C/C=C\C/C=C\CCCC(=O)OC(C/C=C\C/C=C\C/C=C\C/C=C\CCCCC)CC(=O)NC(CO)C(O)CCCCCCCCCCCCCCCCCC. The summed E-state index contributed by atoms with van der Waals surface area (Å²) in [5.74, 6) is -0.652. The van der Waals surface area contributed by atoms with Crippen LogP contribution in [0.2, 0.25) is 0 Å². The number of unbranched alkanes of at least 4 members (excludes halogenated alkanes) is 19. The Morgan fingerprint density at radius 1 is 0.463 bits per heavy atom. The van der Waals surface area contributed by atoms with E-state index in [-0.39, 0.29) is 31.3 Å². The molecule has 0 aromatic heterocycles. The normalized spacial score (nSPS) is 14.0. The highest BCUT2D eigenvalue weighted by atomic mass is 16.5. The van der Waals surface area contributed by atoms with Crippen molar-refractivity contribution in [2.75, 3.05) is 6.61 Å². The zero-order valence-corrected chi connectivity index (χ0v) is 43.5. The van der Waals surface area contributed by atoms with E-state index in [4.69, 9.17) is 4.74 Å². The van der Waals surface area contributed by atoms with E-state index in [0.717, 1.165) is 83.5 Å². The van der Waals surface area contributed by atoms with Crippen LogP contribution >= 0.6 is 0 Å². The van der Waals surface area contributed by atoms with Crippen LogP contribution in [0.5, 0.6) is 0 Å². The van der Waals surface area contributed by atoms with Gasteiger partial charge in [0.25, 0.3) is 0 Å². The van der Waals surface area contributed by atoms with Gasteiger partial charge < -0.3 is 20.3 Å². The molecule has 0 fully saturated rings. The number of allylic oxidation sites excluding steroid dienone is 17. The third-order valence-electron chi connectivity index (χ3n) is 11.8. The van der Waals surface area contributed by atoms with Crippen LogP contribution in [0.15, 0.2) is 109 Å². The first-order valence-corrected chi connectivity index (χ1v) is 27.6. The number of aliphatic hydroxyl groups is 2. The van der Waals surface area contributed by atoms with Gasteiger partial charge >= 0.3 is 5.97 Å². The van der Waals surface area contributed by atoms with E-state index in [1.807, 2.05) is 12.2 Å². The summed E-state index contributed by atoms with van der Waals surface area (Å²) in [6.45, 7) is 6.31. The fourth-order valence-electron chi connectivity index (χ4n) is 7.68. The van der Waals surface area contributed by atoms with E-state index < -0.39 is 18.2 Å². The predicted octanol–water partition coefficient (Wildman–Crippen LogP) is 17.1. The topological polar surface area (TPSA) is 95.9 Å². The molecule has 3 unspecified atom stereocenters. The molecule has 3 N–H and O–H groups in total. The second-order valence-electron chi connectivity index (χ2n) is 18.3. The summed E-state index contributed by atoms with van der Waals surface area (Å²) in [4.78, 5) is 26.2. The number of carbonyl (C=O) groups excluding carboxylic acids is 2. The molecule has 6 heteroatoms. The Bertz CT molecular complexity index is 1370. The number of nitrogens with one attached hydrogen (secondary N) is 1. The zero-order valence-electron chi connectivity index (χ0n) is 43.5. The molecule has 0 aromatic rings. The number of ether oxygens (including phenoxy) is 1. The number of esters is 1. The van der Waals surface area contributed by atoms with Crippen LogP contribution in [0, 0.1) is 0 Å². The predicted molar refractivity (Wildman–Crippen MR) is 291 cm³/mol. The smallest absolute Gasteiger partial charge is 0.306 e. The monoisotopic (exact) mass is 930 g/mol. The largest absolute Gasteiger partial charge is 0.461 e. The third-order valence-corrected chi connectivity index (χ3v) is 11.8. The summed E-state index contributed by atoms with van der Waals surface area (Å²) >= 11 is 0. The molecule has 1 amide bonds. The molecule has 0 aliphatic carbocycles. The van der Waals surface area contributed by atoms with Crippen molar-refractivity contribution in [3.8, 4) is 0 Å². The van der Waals surface area contributed by atoms with Gasteiger partial charge in [0.1, 0.15) is 6.10 Å². The number of hydrogen-bond acceptors (Lipinski definition) is 5. The van der Waals surface area contributed by atoms with E-state index in [9.17, 15) is 19.8 Å². The molecule has 0 bridgehead atoms. The molecular formula is C61H103NO5. The van der Waals surface area contributed by atoms with E-state index in [0.29, 0.717) is 19.3 Å². The highest BCUT2D eigenvalue weighted by molar-refractivity contribution is 5.77. The minimum atomic E-state index is -0.828. The number of carbonyl (C=O) groups is 2. The fraction of sp³-hybridized carbons (Fsp3) is 0.672. The summed E-state index contributed by atoms with van der Waals surface area (Å²) < 4.78 is 5.85. The summed E-state index contributed by atoms with van der Waals surface area (Å²) in [7, 11) is 0. The molecular weight excluding hydrogens is 827 g/mol. The van der Waals surface area contributed by atoms with E-state index >= 15 is 0 Å². The standard InChI is InChI=1S/C61H103NO5/c1-4-7-10-13-16-19-22-25-28-30-33-36-39-42-45-48-51-54-61(66)67-57(52-49-46-43-40-37-34-31-27-24-21-18-15-12-9-6-3)55-60(65)62-58(56-63)59(64)53-50-47-44-41-38-35-32-29-26-23-20-17-14-11-8-5-2/h7,10,16,18-19,21,25,27-28,31,33,36-37,40,42,45-46,49,57-59,63-64H,4-6,8-9,11-15,17,20,22-24,26,29-30,32,34-35,38-39,41,43-44,47-48,50-56H2,1-3H3,(H,62,65)/b10-7-,19-16-,21-18-,28-25-,31-27-,36-33-,40-37-,45-42-,49-46-. The van der Waals surface area contributed by atoms with Crippen molar-refractivity contribution in [2.24, 2.45) is 0 Å². The minimum Gasteiger partial charge on any atom is -0.461 e. The summed E-state index contributed by atoms with van der Waals surface area (Å²) in [5.41, 5.74) is 0. The zero-order chi connectivity index (χ0) is 48.8. The van der Waals surface area contributed by atoms with Gasteiger partial charge in [0.15, 0.2) is 0 Å². The molecule has 0 aromatic carbocycles. The maximum absolute atomic E-state index is 13.2. The van der Waals surface area contributed by atoms with Crippen molar-refractivity contribution < 1.29 is 24.5 Å². The Morgan fingerprint density at radius 2 is 0.836 bits per heavy atom. The maximum Gasteiger partial charge on any atom is 0.306 e. The molecule has 0 radical (unpaired) electrons. The van der Waals surface area contributed by atoms with Gasteiger partial charge in [-0.3, -0.25) is 9.59 Å².